The number of aryl methyl sites for hydroxylation is 2. The van der Waals surface area contributed by atoms with Crippen LogP contribution in [-0.2, 0) is 32.0 Å². The van der Waals surface area contributed by atoms with Crippen LogP contribution in [0.5, 0.6) is 28.3 Å². The molecule has 149 heavy (non-hydrogen) atoms. The van der Waals surface area contributed by atoms with Gasteiger partial charge < -0.3 is 54.1 Å². The van der Waals surface area contributed by atoms with Gasteiger partial charge in [0.15, 0.2) is 0 Å². The van der Waals surface area contributed by atoms with Gasteiger partial charge in [0.1, 0.15) is 49.0 Å². The maximum Gasteiger partial charge on any atom is 0.348 e. The number of carbonyl (C=O) groups excluding carboxylic acids is 4. The van der Waals surface area contributed by atoms with Crippen molar-refractivity contribution in [2.75, 3.05) is 19.6 Å². The molecule has 0 unspecified atom stereocenters. The van der Waals surface area contributed by atoms with Gasteiger partial charge in [-0.2, -0.15) is 0 Å². The molecule has 794 valence electrons. The molecule has 4 N–H and O–H groups in total. The first-order chi connectivity index (χ1) is 70.8. The van der Waals surface area contributed by atoms with Crippen LogP contribution in [0.1, 0.15) is 361 Å². The van der Waals surface area contributed by atoms with E-state index in [2.05, 4.69) is 104 Å². The number of rotatable bonds is 26. The van der Waals surface area contributed by atoms with Crippen molar-refractivity contribution in [2.45, 2.75) is 341 Å². The zero-order valence-corrected chi connectivity index (χ0v) is 93.9. The molecule has 7 aliphatic rings. The Morgan fingerprint density at radius 3 is 1.04 bits per heavy atom. The van der Waals surface area contributed by atoms with Crippen LogP contribution in [-0.4, -0.2) is 119 Å². The summed E-state index contributed by atoms with van der Waals surface area (Å²) in [5, 5.41) is 42.9. The van der Waals surface area contributed by atoms with E-state index in [0.29, 0.717) is 101 Å². The number of hydrogen-bond donors (Lipinski definition) is 4. The van der Waals surface area contributed by atoms with E-state index in [1.165, 1.54) is 34.0 Å². The standard InChI is InChI=1S/C34H46N2O4S.C30H32N2O4S.C29H35NO4S.C28H36N2O4S2/c1-7-24-19-28(20-25(8-2)35-24)40-27-15-13-26(14-16-27)36(32(37)23-11-9-22(3)10-12-23)30-21-29(17-18-34(4,5)6)41-31(30)33(38)39;1-20-8-10-21(11-9-20)28(33)32(22-12-14-23(15-13-22)36-26-7-5-6-18-31-26)25-19-24(16-17-30(2,3)4)37-27(25)29(34)35;1-19-10-12-20(13-11-19)27(31)30(21-16-23(17-21)34-22-8-6-5-7-9-22)25-18-24(14-15-29(2,3)4)35-26(25)28(32)33;1-18-5-7-19(8-6-18)25(31)30(20-9-11-21(12-10-20)34-27-29-15-16-35-27)23-17-22(13-14-28(2,3)4)36-24(23)26(32)33/h19-23,26-27H,7-16H2,1-6H3,(H,38,39);5-7,12-15,18-21H,8-11H2,1-4H3,(H,34,35);5-9,18-21,23H,10-13,16-17H2,1-4H3,(H,32,33);15-21H,5-12H2,1-4H3,(H,32,33). The number of para-hydroxylation sites is 1. The number of nitrogens with zero attached hydrogens (tertiary/aromatic N) is 7. The van der Waals surface area contributed by atoms with Gasteiger partial charge in [0.05, 0.1) is 48.4 Å². The van der Waals surface area contributed by atoms with Gasteiger partial charge in [-0.05, 0) is 340 Å². The van der Waals surface area contributed by atoms with Crippen LogP contribution in [0, 0.1) is 116 Å². The lowest BCUT2D eigenvalue weighted by molar-refractivity contribution is -0.125. The van der Waals surface area contributed by atoms with Crippen LogP contribution in [0.4, 0.5) is 28.4 Å². The van der Waals surface area contributed by atoms with Crippen LogP contribution >= 0.6 is 56.7 Å². The fourth-order valence-corrected chi connectivity index (χ4v) is 23.9. The van der Waals surface area contributed by atoms with Crippen molar-refractivity contribution < 1.29 is 77.7 Å². The zero-order valence-electron chi connectivity index (χ0n) is 89.9. The summed E-state index contributed by atoms with van der Waals surface area (Å²) in [6.45, 7) is 37.4. The monoisotopic (exact) mass is 2120 g/mol. The predicted molar refractivity (Wildman–Crippen MR) is 598 cm³/mol. The lowest BCUT2D eigenvalue weighted by Gasteiger charge is -2.44. The van der Waals surface area contributed by atoms with E-state index in [4.69, 9.17) is 18.9 Å². The fourth-order valence-electron chi connectivity index (χ4n) is 20.0. The highest BCUT2D eigenvalue weighted by Crippen LogP contribution is 2.48. The summed E-state index contributed by atoms with van der Waals surface area (Å²) in [5.74, 6) is 26.2. The smallest absolute Gasteiger partial charge is 0.348 e. The molecule has 0 radical (unpaired) electrons. The second kappa shape index (κ2) is 51.9. The largest absolute Gasteiger partial charge is 0.490 e. The third kappa shape index (κ3) is 32.9. The average Bonchev–Trinajstić information content (AvgIpc) is 1.69. The predicted octanol–water partition coefficient (Wildman–Crippen LogP) is 28.9. The Morgan fingerprint density at radius 2 is 0.698 bits per heavy atom. The third-order valence-electron chi connectivity index (χ3n) is 28.3. The van der Waals surface area contributed by atoms with Crippen molar-refractivity contribution in [1.29, 1.82) is 0 Å². The minimum absolute atomic E-state index is 0.0103. The number of anilines is 5. The zero-order chi connectivity index (χ0) is 107. The molecule has 7 heterocycles. The molecule has 9 aromatic rings. The molecule has 4 amide bonds. The number of hydrogen-bond acceptors (Lipinski definition) is 20. The number of pyridine rings is 2. The lowest BCUT2D eigenvalue weighted by Crippen LogP contribution is -2.54. The van der Waals surface area contributed by atoms with Crippen molar-refractivity contribution in [2.24, 2.45) is 69.0 Å². The topological polar surface area (TPSA) is 306 Å². The van der Waals surface area contributed by atoms with Gasteiger partial charge in [-0.3, -0.25) is 29.1 Å². The van der Waals surface area contributed by atoms with Crippen LogP contribution in [0.2, 0.25) is 0 Å². The normalized spacial score (nSPS) is 22.2. The molecular weight excluding hydrogens is 1970 g/mol. The van der Waals surface area contributed by atoms with Crippen molar-refractivity contribution in [1.82, 2.24) is 15.0 Å². The number of ether oxygens (including phenoxy) is 4. The van der Waals surface area contributed by atoms with Gasteiger partial charge in [-0.1, -0.05) is 125 Å². The molecule has 7 saturated carbocycles. The van der Waals surface area contributed by atoms with E-state index in [-0.39, 0.29) is 125 Å². The molecule has 0 bridgehead atoms. The van der Waals surface area contributed by atoms with E-state index in [0.717, 1.165) is 213 Å². The number of thiophene rings is 4. The van der Waals surface area contributed by atoms with E-state index in [9.17, 15) is 58.8 Å². The molecule has 16 rings (SSSR count). The van der Waals surface area contributed by atoms with Gasteiger partial charge in [-0.25, -0.2) is 29.1 Å². The van der Waals surface area contributed by atoms with Gasteiger partial charge >= 0.3 is 23.9 Å². The Labute approximate surface area is 901 Å². The lowest BCUT2D eigenvalue weighted by atomic mass is 9.80. The molecule has 23 nitrogen and oxygen atoms in total. The molecular formula is C121H149N7O16S5. The number of carbonyl (C=O) groups is 8. The Hall–Kier alpha value is -11.6. The Bertz CT molecular complexity index is 6310. The number of thiazole rings is 1. The first-order valence-electron chi connectivity index (χ1n) is 53.4. The Balaban J connectivity index is 0.000000166. The average molecular weight is 2120 g/mol. The molecule has 0 saturated heterocycles. The SMILES string of the molecule is CC1CCC(C(=O)N(c2cc(C#CC(C)(C)C)sc2C(=O)O)C2CC(Oc3ccccc3)C2)CC1.CC1CCC(C(=O)N(c2cc(C#CC(C)(C)C)sc2C(=O)O)C2CCC(Oc3nccs3)CC2)CC1.CC1CCC(C(=O)N(c2ccc(Oc3ccccn3)cc2)c2cc(C#CC(C)(C)C)sc2C(=O)O)CC1.CCc1cc(OC2CCC(N(C(=O)C3CCC(C)CC3)c3cc(C#CC(C)(C)C)sc3C(=O)O)CC2)cc(CC)n1. The first-order valence-corrected chi connectivity index (χ1v) is 57.5. The number of carboxylic acid groups (broad SMARTS) is 4. The molecule has 28 heteroatoms. The molecule has 7 fully saturated rings. The van der Waals surface area contributed by atoms with Crippen LogP contribution in [0.25, 0.3) is 0 Å². The van der Waals surface area contributed by atoms with E-state index < -0.39 is 23.9 Å². The second-order valence-corrected chi connectivity index (χ2v) is 50.5. The molecule has 2 aromatic carbocycles. The maximum atomic E-state index is 14.2. The Kier molecular flexibility index (Phi) is 39.9. The van der Waals surface area contributed by atoms with Crippen LogP contribution in [0.3, 0.4) is 0 Å². The summed E-state index contributed by atoms with van der Waals surface area (Å²) in [5.41, 5.74) is 3.72. The third-order valence-corrected chi connectivity index (χ3v) is 33.1. The van der Waals surface area contributed by atoms with Gasteiger partial charge in [0.25, 0.3) is 5.19 Å². The molecule has 7 aromatic heterocycles. The number of aromatic carboxylic acids is 4. The van der Waals surface area contributed by atoms with Crippen molar-refractivity contribution in [3.63, 3.8) is 0 Å². The molecule has 0 aliphatic heterocycles. The highest BCUT2D eigenvalue weighted by atomic mass is 32.1. The molecule has 7 aliphatic carbocycles. The van der Waals surface area contributed by atoms with Gasteiger partial charge in [-0.15, -0.1) is 45.3 Å². The number of amides is 4. The number of benzene rings is 2. The van der Waals surface area contributed by atoms with E-state index in [1.807, 2.05) is 171 Å². The summed E-state index contributed by atoms with van der Waals surface area (Å²) in [7, 11) is 0. The highest BCUT2D eigenvalue weighted by Gasteiger charge is 2.46. The summed E-state index contributed by atoms with van der Waals surface area (Å²) in [4.78, 5) is 129. The minimum atomic E-state index is -1.08. The van der Waals surface area contributed by atoms with Crippen LogP contribution < -0.4 is 38.5 Å². The van der Waals surface area contributed by atoms with Crippen molar-refractivity contribution in [3.8, 4) is 75.7 Å². The second-order valence-electron chi connectivity index (χ2n) is 45.5. The van der Waals surface area contributed by atoms with Crippen LogP contribution in [0.15, 0.2) is 127 Å². The summed E-state index contributed by atoms with van der Waals surface area (Å²) < 4.78 is 24.4. The quantitative estimate of drug-likeness (QED) is 0.0366. The highest BCUT2D eigenvalue weighted by molar-refractivity contribution is 7.16. The first kappa shape index (κ1) is 114. The molecule has 0 spiro atoms. The number of aromatic nitrogens is 3. The fraction of sp³-hybridized carbons (Fsp3) is 0.529. The summed E-state index contributed by atoms with van der Waals surface area (Å²) in [6, 6.07) is 33.3. The maximum absolute atomic E-state index is 14.2. The minimum Gasteiger partial charge on any atom is -0.490 e. The van der Waals surface area contributed by atoms with Gasteiger partial charge in [0, 0.05) is 129 Å². The van der Waals surface area contributed by atoms with Crippen molar-refractivity contribution in [3.05, 3.63) is 177 Å². The Morgan fingerprint density at radius 1 is 0.356 bits per heavy atom. The summed E-state index contributed by atoms with van der Waals surface area (Å²) >= 11 is 6.09. The van der Waals surface area contributed by atoms with E-state index in [1.54, 1.807) is 58.6 Å². The summed E-state index contributed by atoms with van der Waals surface area (Å²) in [6.07, 6.45) is 27.8. The number of carboxylic acids is 4. The van der Waals surface area contributed by atoms with E-state index >= 15 is 0 Å². The van der Waals surface area contributed by atoms with Crippen molar-refractivity contribution >= 4 is 133 Å². The van der Waals surface area contributed by atoms with Gasteiger partial charge in [0.2, 0.25) is 29.5 Å². The molecule has 0 atom stereocenters.